The lowest BCUT2D eigenvalue weighted by Gasteiger charge is -2.17. The summed E-state index contributed by atoms with van der Waals surface area (Å²) in [5.41, 5.74) is 0.260. The molecule has 0 unspecified atom stereocenters. The number of anilines is 1. The van der Waals surface area contributed by atoms with Crippen LogP contribution in [0.15, 0.2) is 23.1 Å². The second-order valence-electron chi connectivity index (χ2n) is 5.35. The Morgan fingerprint density at radius 3 is 2.52 bits per heavy atom. The van der Waals surface area contributed by atoms with Crippen molar-refractivity contribution in [2.75, 3.05) is 46.3 Å². The van der Waals surface area contributed by atoms with E-state index in [4.69, 9.17) is 14.2 Å². The summed E-state index contributed by atoms with van der Waals surface area (Å²) in [6.45, 7) is 4.74. The highest BCUT2D eigenvalue weighted by Gasteiger charge is 2.21. The molecule has 0 bridgehead atoms. The summed E-state index contributed by atoms with van der Waals surface area (Å²) >= 11 is 0. The molecule has 1 aromatic rings. The fourth-order valence-corrected chi connectivity index (χ4v) is 2.82. The maximum absolute atomic E-state index is 12.2. The molecule has 1 rings (SSSR count). The van der Waals surface area contributed by atoms with E-state index in [9.17, 15) is 13.2 Å². The van der Waals surface area contributed by atoms with E-state index in [1.54, 1.807) is 6.92 Å². The number of sulfonamides is 1. The second-order valence-corrected chi connectivity index (χ2v) is 7.50. The molecule has 0 aromatic heterocycles. The topological polar surface area (TPSA) is 94.2 Å². The average Bonchev–Trinajstić information content (AvgIpc) is 2.58. The van der Waals surface area contributed by atoms with Crippen molar-refractivity contribution < 1.29 is 27.4 Å². The SMILES string of the molecule is CCOCCO[C@H](C)C(=O)Nc1cc(S(=O)(=O)N(C)C)ccc1OC. The predicted molar refractivity (Wildman–Crippen MR) is 94.4 cm³/mol. The molecule has 0 saturated heterocycles. The van der Waals surface area contributed by atoms with Crippen molar-refractivity contribution >= 4 is 21.6 Å². The van der Waals surface area contributed by atoms with Gasteiger partial charge in [-0.1, -0.05) is 0 Å². The van der Waals surface area contributed by atoms with Crippen LogP contribution in [0, 0.1) is 0 Å². The first-order valence-corrected chi connectivity index (χ1v) is 9.28. The van der Waals surface area contributed by atoms with Crippen LogP contribution in [-0.2, 0) is 24.3 Å². The number of hydrogen-bond donors (Lipinski definition) is 1. The van der Waals surface area contributed by atoms with Crippen LogP contribution in [0.4, 0.5) is 5.69 Å². The maximum Gasteiger partial charge on any atom is 0.253 e. The van der Waals surface area contributed by atoms with Gasteiger partial charge in [-0.05, 0) is 32.0 Å². The number of methoxy groups -OCH3 is 1. The van der Waals surface area contributed by atoms with E-state index in [2.05, 4.69) is 5.32 Å². The summed E-state index contributed by atoms with van der Waals surface area (Å²) < 4.78 is 41.3. The van der Waals surface area contributed by atoms with Crippen molar-refractivity contribution in [1.82, 2.24) is 4.31 Å². The van der Waals surface area contributed by atoms with Gasteiger partial charge in [-0.2, -0.15) is 0 Å². The zero-order valence-electron chi connectivity index (χ0n) is 15.2. The summed E-state index contributed by atoms with van der Waals surface area (Å²) in [7, 11) is 0.689. The quantitative estimate of drug-likeness (QED) is 0.621. The highest BCUT2D eigenvalue weighted by Crippen LogP contribution is 2.28. The van der Waals surface area contributed by atoms with Gasteiger partial charge in [0, 0.05) is 20.7 Å². The predicted octanol–water partition coefficient (Wildman–Crippen LogP) is 1.33. The van der Waals surface area contributed by atoms with Crippen LogP contribution in [0.5, 0.6) is 5.75 Å². The van der Waals surface area contributed by atoms with Gasteiger partial charge in [0.05, 0.1) is 30.9 Å². The summed E-state index contributed by atoms with van der Waals surface area (Å²) in [4.78, 5) is 12.3. The Kier molecular flexibility index (Phi) is 8.30. The first-order valence-electron chi connectivity index (χ1n) is 7.84. The third kappa shape index (κ3) is 5.96. The van der Waals surface area contributed by atoms with Crippen LogP contribution >= 0.6 is 0 Å². The number of amides is 1. The summed E-state index contributed by atoms with van der Waals surface area (Å²) in [5, 5.41) is 2.64. The van der Waals surface area contributed by atoms with Crippen LogP contribution in [0.25, 0.3) is 0 Å². The molecule has 1 atom stereocenters. The summed E-state index contributed by atoms with van der Waals surface area (Å²) in [6.07, 6.45) is -0.723. The third-order valence-electron chi connectivity index (χ3n) is 3.38. The van der Waals surface area contributed by atoms with E-state index < -0.39 is 22.0 Å². The monoisotopic (exact) mass is 374 g/mol. The number of benzene rings is 1. The number of hydrogen-bond acceptors (Lipinski definition) is 6. The van der Waals surface area contributed by atoms with Crippen LogP contribution in [0.2, 0.25) is 0 Å². The lowest BCUT2D eigenvalue weighted by atomic mass is 10.2. The minimum atomic E-state index is -3.62. The van der Waals surface area contributed by atoms with Gasteiger partial charge in [-0.25, -0.2) is 12.7 Å². The Bertz CT molecular complexity index is 675. The largest absolute Gasteiger partial charge is 0.495 e. The standard InChI is InChI=1S/C16H26N2O6S/c1-6-23-9-10-24-12(2)16(19)17-14-11-13(7-8-15(14)22-5)25(20,21)18(3)4/h7-8,11-12H,6,9-10H2,1-5H3,(H,17,19)/t12-/m1/s1. The molecule has 1 aromatic carbocycles. The zero-order chi connectivity index (χ0) is 19.0. The van der Waals surface area contributed by atoms with E-state index in [1.807, 2.05) is 6.92 Å². The van der Waals surface area contributed by atoms with Crippen LogP contribution < -0.4 is 10.1 Å². The molecule has 0 heterocycles. The van der Waals surface area contributed by atoms with Crippen molar-refractivity contribution in [1.29, 1.82) is 0 Å². The van der Waals surface area contributed by atoms with Gasteiger partial charge in [-0.3, -0.25) is 4.79 Å². The molecule has 1 amide bonds. The Balaban J connectivity index is 2.90. The number of rotatable bonds is 10. The Morgan fingerprint density at radius 1 is 1.28 bits per heavy atom. The van der Waals surface area contributed by atoms with Crippen LogP contribution in [0.1, 0.15) is 13.8 Å². The van der Waals surface area contributed by atoms with E-state index in [0.29, 0.717) is 19.0 Å². The lowest BCUT2D eigenvalue weighted by molar-refractivity contribution is -0.127. The van der Waals surface area contributed by atoms with Crippen molar-refractivity contribution in [3.63, 3.8) is 0 Å². The Labute approximate surface area is 149 Å². The van der Waals surface area contributed by atoms with Gasteiger partial charge in [0.2, 0.25) is 10.0 Å². The minimum Gasteiger partial charge on any atom is -0.495 e. The molecule has 0 saturated carbocycles. The molecular formula is C16H26N2O6S. The molecule has 0 fully saturated rings. The number of carbonyl (C=O) groups excluding carboxylic acids is 1. The highest BCUT2D eigenvalue weighted by atomic mass is 32.2. The molecule has 8 nitrogen and oxygen atoms in total. The molecule has 0 aliphatic carbocycles. The van der Waals surface area contributed by atoms with Crippen molar-refractivity contribution in [3.8, 4) is 5.75 Å². The summed E-state index contributed by atoms with van der Waals surface area (Å²) in [5.74, 6) is -0.0539. The smallest absolute Gasteiger partial charge is 0.253 e. The molecule has 0 radical (unpaired) electrons. The average molecular weight is 374 g/mol. The van der Waals surface area contributed by atoms with Crippen LogP contribution in [-0.4, -0.2) is 65.8 Å². The van der Waals surface area contributed by atoms with E-state index in [1.165, 1.54) is 39.4 Å². The normalized spacial score (nSPS) is 12.9. The van der Waals surface area contributed by atoms with Gasteiger partial charge < -0.3 is 19.5 Å². The van der Waals surface area contributed by atoms with E-state index in [-0.39, 0.29) is 17.2 Å². The molecule has 142 valence electrons. The van der Waals surface area contributed by atoms with Gasteiger partial charge in [-0.15, -0.1) is 0 Å². The fourth-order valence-electron chi connectivity index (χ4n) is 1.89. The first kappa shape index (κ1) is 21.4. The first-order chi connectivity index (χ1) is 11.7. The molecule has 1 N–H and O–H groups in total. The highest BCUT2D eigenvalue weighted by molar-refractivity contribution is 7.89. The van der Waals surface area contributed by atoms with Gasteiger partial charge in [0.15, 0.2) is 0 Å². The van der Waals surface area contributed by atoms with E-state index >= 15 is 0 Å². The Morgan fingerprint density at radius 2 is 1.96 bits per heavy atom. The van der Waals surface area contributed by atoms with Gasteiger partial charge in [0.1, 0.15) is 11.9 Å². The molecule has 0 aliphatic heterocycles. The Hall–Kier alpha value is -1.68. The zero-order valence-corrected chi connectivity index (χ0v) is 16.1. The van der Waals surface area contributed by atoms with E-state index in [0.717, 1.165) is 4.31 Å². The molecule has 0 spiro atoms. The third-order valence-corrected chi connectivity index (χ3v) is 5.19. The fraction of sp³-hybridized carbons (Fsp3) is 0.562. The van der Waals surface area contributed by atoms with Crippen molar-refractivity contribution in [3.05, 3.63) is 18.2 Å². The number of nitrogens with one attached hydrogen (secondary N) is 1. The van der Waals surface area contributed by atoms with Gasteiger partial charge in [0.25, 0.3) is 5.91 Å². The molecule has 9 heteroatoms. The van der Waals surface area contributed by atoms with Gasteiger partial charge >= 0.3 is 0 Å². The maximum atomic E-state index is 12.2. The van der Waals surface area contributed by atoms with Crippen molar-refractivity contribution in [2.24, 2.45) is 0 Å². The number of ether oxygens (including phenoxy) is 3. The molecule has 25 heavy (non-hydrogen) atoms. The molecular weight excluding hydrogens is 348 g/mol. The number of nitrogens with zero attached hydrogens (tertiary/aromatic N) is 1. The lowest BCUT2D eigenvalue weighted by Crippen LogP contribution is -2.29. The van der Waals surface area contributed by atoms with Crippen LogP contribution in [0.3, 0.4) is 0 Å². The summed E-state index contributed by atoms with van der Waals surface area (Å²) in [6, 6.07) is 4.28. The second kappa shape index (κ2) is 9.71. The van der Waals surface area contributed by atoms with Crippen molar-refractivity contribution in [2.45, 2.75) is 24.8 Å². The molecule has 0 aliphatic rings. The number of carbonyl (C=O) groups is 1. The minimum absolute atomic E-state index is 0.0542.